The molecule has 1 amide bonds. The highest BCUT2D eigenvalue weighted by atomic mass is 35.5. The second-order valence-corrected chi connectivity index (χ2v) is 6.65. The van der Waals surface area contributed by atoms with E-state index in [-0.39, 0.29) is 5.91 Å². The maximum atomic E-state index is 12.1. The zero-order chi connectivity index (χ0) is 16.7. The summed E-state index contributed by atoms with van der Waals surface area (Å²) >= 11 is 12.0. The van der Waals surface area contributed by atoms with Crippen molar-refractivity contribution in [1.29, 1.82) is 0 Å². The maximum Gasteiger partial charge on any atom is 0.222 e. The van der Waals surface area contributed by atoms with Gasteiger partial charge in [0.25, 0.3) is 0 Å². The number of carbonyl (C=O) groups excluding carboxylic acids is 1. The summed E-state index contributed by atoms with van der Waals surface area (Å²) in [5.41, 5.74) is 0. The number of amides is 1. The van der Waals surface area contributed by atoms with Gasteiger partial charge in [0.05, 0.1) is 11.6 Å². The van der Waals surface area contributed by atoms with Crippen molar-refractivity contribution in [2.75, 3.05) is 39.8 Å². The fraction of sp³-hybridized carbons (Fsp3) is 0.588. The number of hydrogen-bond acceptors (Lipinski definition) is 3. The first-order chi connectivity index (χ1) is 11.1. The normalized spacial score (nSPS) is 14.9. The van der Waals surface area contributed by atoms with Crippen LogP contribution in [0.15, 0.2) is 18.2 Å². The minimum absolute atomic E-state index is 0.157. The number of hydrogen-bond donors (Lipinski definition) is 0. The number of likely N-dealkylation sites (tertiary alicyclic amines) is 1. The minimum Gasteiger partial charge on any atom is -0.492 e. The van der Waals surface area contributed by atoms with E-state index < -0.39 is 0 Å². The molecule has 1 fully saturated rings. The number of likely N-dealkylation sites (N-methyl/N-ethyl adjacent to an activating group) is 1. The molecule has 0 atom stereocenters. The Balaban J connectivity index is 1.62. The number of carbonyl (C=O) groups is 1. The van der Waals surface area contributed by atoms with E-state index >= 15 is 0 Å². The molecule has 0 aromatic heterocycles. The Morgan fingerprint density at radius 3 is 2.78 bits per heavy atom. The highest BCUT2D eigenvalue weighted by Crippen LogP contribution is 2.31. The average Bonchev–Trinajstić information content (AvgIpc) is 3.06. The van der Waals surface area contributed by atoms with Crippen molar-refractivity contribution in [3.8, 4) is 5.75 Å². The van der Waals surface area contributed by atoms with E-state index in [9.17, 15) is 4.79 Å². The van der Waals surface area contributed by atoms with Gasteiger partial charge in [0, 0.05) is 26.6 Å². The van der Waals surface area contributed by atoms with E-state index in [2.05, 4.69) is 4.90 Å². The Kier molecular flexibility index (Phi) is 7.47. The summed E-state index contributed by atoms with van der Waals surface area (Å²) in [6, 6.07) is 5.29. The van der Waals surface area contributed by atoms with Gasteiger partial charge in [0.1, 0.15) is 10.8 Å². The SMILES string of the molecule is CN(CCN1CCCC1)C(=O)CCCOc1cccc(Cl)c1Cl. The van der Waals surface area contributed by atoms with E-state index in [1.165, 1.54) is 12.8 Å². The molecule has 4 nitrogen and oxygen atoms in total. The van der Waals surface area contributed by atoms with Crippen LogP contribution in [-0.4, -0.2) is 55.5 Å². The van der Waals surface area contributed by atoms with Crippen LogP contribution in [0, 0.1) is 0 Å². The van der Waals surface area contributed by atoms with Crippen LogP contribution in [0.5, 0.6) is 5.75 Å². The summed E-state index contributed by atoms with van der Waals surface area (Å²) in [6.07, 6.45) is 3.70. The van der Waals surface area contributed by atoms with Crippen LogP contribution < -0.4 is 4.74 Å². The first-order valence-electron chi connectivity index (χ1n) is 8.11. The summed E-state index contributed by atoms with van der Waals surface area (Å²) in [4.78, 5) is 16.3. The van der Waals surface area contributed by atoms with Crippen molar-refractivity contribution in [3.63, 3.8) is 0 Å². The summed E-state index contributed by atoms with van der Waals surface area (Å²) in [7, 11) is 1.87. The fourth-order valence-electron chi connectivity index (χ4n) is 2.61. The molecule has 0 bridgehead atoms. The van der Waals surface area contributed by atoms with Gasteiger partial charge in [-0.3, -0.25) is 4.79 Å². The van der Waals surface area contributed by atoms with E-state index in [1.807, 2.05) is 11.9 Å². The molecule has 0 spiro atoms. The number of halogens is 2. The first kappa shape index (κ1) is 18.4. The minimum atomic E-state index is 0.157. The molecule has 1 aromatic carbocycles. The van der Waals surface area contributed by atoms with Crippen molar-refractivity contribution < 1.29 is 9.53 Å². The van der Waals surface area contributed by atoms with Crippen molar-refractivity contribution in [2.45, 2.75) is 25.7 Å². The average molecular weight is 359 g/mol. The lowest BCUT2D eigenvalue weighted by Gasteiger charge is -2.21. The number of benzene rings is 1. The monoisotopic (exact) mass is 358 g/mol. The quantitative estimate of drug-likeness (QED) is 0.664. The molecular formula is C17H24Cl2N2O2. The van der Waals surface area contributed by atoms with Crippen LogP contribution >= 0.6 is 23.2 Å². The molecule has 1 aromatic rings. The molecule has 128 valence electrons. The first-order valence-corrected chi connectivity index (χ1v) is 8.86. The second kappa shape index (κ2) is 9.36. The van der Waals surface area contributed by atoms with Crippen LogP contribution in [0.2, 0.25) is 10.0 Å². The lowest BCUT2D eigenvalue weighted by molar-refractivity contribution is -0.130. The largest absolute Gasteiger partial charge is 0.492 e. The predicted molar refractivity (Wildman–Crippen MR) is 94.5 cm³/mol. The van der Waals surface area contributed by atoms with Crippen molar-refractivity contribution in [3.05, 3.63) is 28.2 Å². The molecule has 1 saturated heterocycles. The zero-order valence-corrected chi connectivity index (χ0v) is 15.1. The number of rotatable bonds is 8. The molecule has 0 radical (unpaired) electrons. The van der Waals surface area contributed by atoms with Gasteiger partial charge in [0.2, 0.25) is 5.91 Å². The summed E-state index contributed by atoms with van der Waals surface area (Å²) in [5, 5.41) is 0.894. The molecule has 0 saturated carbocycles. The van der Waals surface area contributed by atoms with Crippen LogP contribution in [0.25, 0.3) is 0 Å². The molecule has 6 heteroatoms. The molecule has 1 aliphatic rings. The Hall–Kier alpha value is -0.970. The third-order valence-corrected chi connectivity index (χ3v) is 4.89. The van der Waals surface area contributed by atoms with Crippen LogP contribution in [0.3, 0.4) is 0 Å². The molecule has 23 heavy (non-hydrogen) atoms. The summed E-state index contributed by atoms with van der Waals surface area (Å²) in [6.45, 7) is 4.54. The van der Waals surface area contributed by atoms with E-state index in [0.717, 1.165) is 26.2 Å². The Morgan fingerprint density at radius 2 is 2.04 bits per heavy atom. The molecule has 0 N–H and O–H groups in total. The third kappa shape index (κ3) is 5.87. The molecule has 1 aliphatic heterocycles. The number of nitrogens with zero attached hydrogens (tertiary/aromatic N) is 2. The van der Waals surface area contributed by atoms with Gasteiger partial charge < -0.3 is 14.5 Å². The molecular weight excluding hydrogens is 335 g/mol. The zero-order valence-electron chi connectivity index (χ0n) is 13.6. The lowest BCUT2D eigenvalue weighted by Crippen LogP contribution is -2.35. The Bertz CT molecular complexity index is 519. The van der Waals surface area contributed by atoms with Crippen molar-refractivity contribution in [1.82, 2.24) is 9.80 Å². The summed E-state index contributed by atoms with van der Waals surface area (Å²) < 4.78 is 5.59. The number of ether oxygens (including phenoxy) is 1. The van der Waals surface area contributed by atoms with Crippen LogP contribution in [0.1, 0.15) is 25.7 Å². The van der Waals surface area contributed by atoms with Gasteiger partial charge in [0.15, 0.2) is 0 Å². The standard InChI is InChI=1S/C17H24Cl2N2O2/c1-20(11-12-21-9-2-3-10-21)16(22)8-5-13-23-15-7-4-6-14(18)17(15)19/h4,6-7H,2-3,5,8-13H2,1H3. The Morgan fingerprint density at radius 1 is 1.30 bits per heavy atom. The van der Waals surface area contributed by atoms with Crippen molar-refractivity contribution in [2.24, 2.45) is 0 Å². The topological polar surface area (TPSA) is 32.8 Å². The lowest BCUT2D eigenvalue weighted by atomic mass is 10.3. The molecule has 2 rings (SSSR count). The van der Waals surface area contributed by atoms with Gasteiger partial charge in [-0.15, -0.1) is 0 Å². The van der Waals surface area contributed by atoms with E-state index in [0.29, 0.717) is 35.2 Å². The maximum absolute atomic E-state index is 12.1. The smallest absolute Gasteiger partial charge is 0.222 e. The fourth-order valence-corrected chi connectivity index (χ4v) is 2.96. The molecule has 0 unspecified atom stereocenters. The van der Waals surface area contributed by atoms with Gasteiger partial charge in [-0.1, -0.05) is 29.3 Å². The predicted octanol–water partition coefficient (Wildman–Crippen LogP) is 3.71. The van der Waals surface area contributed by atoms with Gasteiger partial charge in [-0.25, -0.2) is 0 Å². The third-order valence-electron chi connectivity index (χ3n) is 4.08. The van der Waals surface area contributed by atoms with Crippen LogP contribution in [-0.2, 0) is 4.79 Å². The van der Waals surface area contributed by atoms with Gasteiger partial charge in [-0.05, 0) is 44.5 Å². The van der Waals surface area contributed by atoms with Crippen molar-refractivity contribution >= 4 is 29.1 Å². The van der Waals surface area contributed by atoms with Crippen LogP contribution in [0.4, 0.5) is 0 Å². The molecule has 0 aliphatic carbocycles. The highest BCUT2D eigenvalue weighted by molar-refractivity contribution is 6.42. The van der Waals surface area contributed by atoms with E-state index in [4.69, 9.17) is 27.9 Å². The second-order valence-electron chi connectivity index (χ2n) is 5.87. The highest BCUT2D eigenvalue weighted by Gasteiger charge is 2.14. The summed E-state index contributed by atoms with van der Waals surface area (Å²) in [5.74, 6) is 0.721. The van der Waals surface area contributed by atoms with E-state index in [1.54, 1.807) is 18.2 Å². The van der Waals surface area contributed by atoms with Gasteiger partial charge >= 0.3 is 0 Å². The molecule has 1 heterocycles. The Labute approximate surface area is 148 Å². The van der Waals surface area contributed by atoms with Gasteiger partial charge in [-0.2, -0.15) is 0 Å².